The molecule has 1 aromatic heterocycles. The number of carbonyl (C=O) groups is 3. The standard InChI is InChI=1S/C24H20N2O3S/c27-21(14-26-12-4-10-19(26)20-11-5-13-30-20)25-18-9-3-8-17-22(18)24(29)16-7-2-1-6-15(16)23(17)28/h1-3,5-9,11,13,19H,4,10,12,14H2,(H,25,27). The van der Waals surface area contributed by atoms with Crippen LogP contribution in [0.25, 0.3) is 0 Å². The highest BCUT2D eigenvalue weighted by molar-refractivity contribution is 7.10. The van der Waals surface area contributed by atoms with Crippen LogP contribution in [0.4, 0.5) is 5.69 Å². The fourth-order valence-corrected chi connectivity index (χ4v) is 5.34. The van der Waals surface area contributed by atoms with Gasteiger partial charge in [-0.3, -0.25) is 19.3 Å². The first-order valence-electron chi connectivity index (χ1n) is 10.0. The molecule has 1 N–H and O–H groups in total. The molecule has 3 aromatic rings. The molecule has 2 heterocycles. The van der Waals surface area contributed by atoms with Crippen LogP contribution in [0, 0.1) is 0 Å². The highest BCUT2D eigenvalue weighted by Crippen LogP contribution is 2.35. The summed E-state index contributed by atoms with van der Waals surface area (Å²) in [6.45, 7) is 1.12. The number of hydrogen-bond acceptors (Lipinski definition) is 5. The van der Waals surface area contributed by atoms with Crippen molar-refractivity contribution < 1.29 is 14.4 Å². The minimum absolute atomic E-state index is 0.175. The average molecular weight is 417 g/mol. The molecule has 1 fully saturated rings. The van der Waals surface area contributed by atoms with Crippen LogP contribution in [-0.2, 0) is 4.79 Å². The molecule has 1 atom stereocenters. The summed E-state index contributed by atoms with van der Waals surface area (Å²) in [5.41, 5.74) is 1.82. The van der Waals surface area contributed by atoms with Gasteiger partial charge < -0.3 is 5.32 Å². The number of nitrogens with one attached hydrogen (secondary N) is 1. The number of ketones is 2. The van der Waals surface area contributed by atoms with Crippen molar-refractivity contribution in [1.82, 2.24) is 4.90 Å². The highest BCUT2D eigenvalue weighted by Gasteiger charge is 2.32. The molecule has 1 aliphatic carbocycles. The Morgan fingerprint density at radius 2 is 1.73 bits per heavy atom. The summed E-state index contributed by atoms with van der Waals surface area (Å²) >= 11 is 1.71. The Kier molecular flexibility index (Phi) is 4.81. The van der Waals surface area contributed by atoms with E-state index in [9.17, 15) is 14.4 Å². The molecule has 1 aliphatic heterocycles. The fourth-order valence-electron chi connectivity index (χ4n) is 4.44. The van der Waals surface area contributed by atoms with E-state index >= 15 is 0 Å². The van der Waals surface area contributed by atoms with Crippen LogP contribution in [0.5, 0.6) is 0 Å². The molecule has 30 heavy (non-hydrogen) atoms. The van der Waals surface area contributed by atoms with Gasteiger partial charge in [0.25, 0.3) is 0 Å². The Morgan fingerprint density at radius 1 is 0.967 bits per heavy atom. The number of thiophene rings is 1. The van der Waals surface area contributed by atoms with Gasteiger partial charge in [0.1, 0.15) is 0 Å². The van der Waals surface area contributed by atoms with Gasteiger partial charge in [0, 0.05) is 27.6 Å². The number of hydrogen-bond donors (Lipinski definition) is 1. The second kappa shape index (κ2) is 7.63. The molecule has 1 saturated heterocycles. The van der Waals surface area contributed by atoms with E-state index in [0.717, 1.165) is 19.4 Å². The van der Waals surface area contributed by atoms with Crippen molar-refractivity contribution in [2.24, 2.45) is 0 Å². The first kappa shape index (κ1) is 18.9. The van der Waals surface area contributed by atoms with Gasteiger partial charge in [-0.05, 0) is 36.9 Å². The zero-order valence-electron chi connectivity index (χ0n) is 16.3. The maximum atomic E-state index is 13.1. The number of amides is 1. The molecule has 6 heteroatoms. The number of nitrogens with zero attached hydrogens (tertiary/aromatic N) is 1. The molecule has 5 rings (SSSR count). The topological polar surface area (TPSA) is 66.5 Å². The molecule has 0 bridgehead atoms. The smallest absolute Gasteiger partial charge is 0.238 e. The number of anilines is 1. The van der Waals surface area contributed by atoms with E-state index in [0.29, 0.717) is 22.4 Å². The van der Waals surface area contributed by atoms with E-state index in [2.05, 4.69) is 21.7 Å². The zero-order chi connectivity index (χ0) is 20.7. The third kappa shape index (κ3) is 3.18. The van der Waals surface area contributed by atoms with Crippen LogP contribution in [0.1, 0.15) is 55.6 Å². The molecular formula is C24H20N2O3S. The van der Waals surface area contributed by atoms with E-state index in [1.165, 1.54) is 4.88 Å². The number of likely N-dealkylation sites (tertiary alicyclic amines) is 1. The maximum absolute atomic E-state index is 13.1. The molecule has 1 amide bonds. The summed E-state index contributed by atoms with van der Waals surface area (Å²) < 4.78 is 0. The van der Waals surface area contributed by atoms with Crippen molar-refractivity contribution >= 4 is 34.5 Å². The van der Waals surface area contributed by atoms with Crippen molar-refractivity contribution in [1.29, 1.82) is 0 Å². The van der Waals surface area contributed by atoms with Crippen LogP contribution in [-0.4, -0.2) is 35.5 Å². The largest absolute Gasteiger partial charge is 0.324 e. The predicted molar refractivity (Wildman–Crippen MR) is 116 cm³/mol. The Labute approximate surface area is 178 Å². The lowest BCUT2D eigenvalue weighted by Crippen LogP contribution is -2.33. The van der Waals surface area contributed by atoms with E-state index in [1.807, 2.05) is 6.07 Å². The van der Waals surface area contributed by atoms with Crippen LogP contribution >= 0.6 is 11.3 Å². The fraction of sp³-hybridized carbons (Fsp3) is 0.208. The van der Waals surface area contributed by atoms with Crippen molar-refractivity contribution in [2.75, 3.05) is 18.4 Å². The van der Waals surface area contributed by atoms with Crippen molar-refractivity contribution in [3.63, 3.8) is 0 Å². The van der Waals surface area contributed by atoms with Crippen molar-refractivity contribution in [3.8, 4) is 0 Å². The average Bonchev–Trinajstić information content (AvgIpc) is 3.43. The Bertz CT molecular complexity index is 1150. The van der Waals surface area contributed by atoms with Gasteiger partial charge in [0.2, 0.25) is 5.91 Å². The Balaban J connectivity index is 1.39. The maximum Gasteiger partial charge on any atom is 0.238 e. The quantitative estimate of drug-likeness (QED) is 0.539. The molecule has 0 spiro atoms. The molecule has 2 aromatic carbocycles. The zero-order valence-corrected chi connectivity index (χ0v) is 17.1. The summed E-state index contributed by atoms with van der Waals surface area (Å²) in [6, 6.07) is 16.3. The van der Waals surface area contributed by atoms with Gasteiger partial charge in [-0.1, -0.05) is 42.5 Å². The lowest BCUT2D eigenvalue weighted by molar-refractivity contribution is -0.117. The summed E-state index contributed by atoms with van der Waals surface area (Å²) in [5.74, 6) is -0.590. The molecule has 0 saturated carbocycles. The van der Waals surface area contributed by atoms with E-state index in [1.54, 1.807) is 53.8 Å². The Morgan fingerprint density at radius 3 is 2.50 bits per heavy atom. The number of carbonyl (C=O) groups excluding carboxylic acids is 3. The van der Waals surface area contributed by atoms with Gasteiger partial charge in [0.15, 0.2) is 11.6 Å². The van der Waals surface area contributed by atoms with Crippen molar-refractivity contribution in [2.45, 2.75) is 18.9 Å². The monoisotopic (exact) mass is 416 g/mol. The first-order chi connectivity index (χ1) is 14.6. The third-order valence-electron chi connectivity index (χ3n) is 5.81. The summed E-state index contributed by atoms with van der Waals surface area (Å²) in [6.07, 6.45) is 2.10. The minimum atomic E-state index is -0.228. The predicted octanol–water partition coefficient (Wildman–Crippen LogP) is 4.30. The normalized spacial score (nSPS) is 18.2. The second-order valence-electron chi connectivity index (χ2n) is 7.62. The number of benzene rings is 2. The van der Waals surface area contributed by atoms with Crippen molar-refractivity contribution in [3.05, 3.63) is 87.1 Å². The van der Waals surface area contributed by atoms with E-state index in [-0.39, 0.29) is 35.6 Å². The molecule has 0 radical (unpaired) electrons. The summed E-state index contributed by atoms with van der Waals surface area (Å²) in [5, 5.41) is 4.95. The SMILES string of the molecule is O=C(CN1CCCC1c1cccs1)Nc1cccc2c1C(=O)c1ccccc1C2=O. The summed E-state index contributed by atoms with van der Waals surface area (Å²) in [4.78, 5) is 42.3. The Hall–Kier alpha value is -3.09. The van der Waals surface area contributed by atoms with E-state index in [4.69, 9.17) is 0 Å². The van der Waals surface area contributed by atoms with Crippen LogP contribution in [0.15, 0.2) is 60.0 Å². The van der Waals surface area contributed by atoms with E-state index < -0.39 is 0 Å². The summed E-state index contributed by atoms with van der Waals surface area (Å²) in [7, 11) is 0. The van der Waals surface area contributed by atoms with Gasteiger partial charge in [0.05, 0.1) is 17.8 Å². The molecule has 5 nitrogen and oxygen atoms in total. The molecule has 2 aliphatic rings. The third-order valence-corrected chi connectivity index (χ3v) is 6.78. The van der Waals surface area contributed by atoms with Crippen LogP contribution in [0.2, 0.25) is 0 Å². The van der Waals surface area contributed by atoms with Gasteiger partial charge in [-0.15, -0.1) is 11.3 Å². The second-order valence-corrected chi connectivity index (χ2v) is 8.60. The number of fused-ring (bicyclic) bond motifs is 2. The molecule has 1 unspecified atom stereocenters. The lowest BCUT2D eigenvalue weighted by atomic mass is 9.83. The van der Waals surface area contributed by atoms with Gasteiger partial charge in [-0.2, -0.15) is 0 Å². The lowest BCUT2D eigenvalue weighted by Gasteiger charge is -2.24. The molecule has 150 valence electrons. The molecular weight excluding hydrogens is 396 g/mol. The van der Waals surface area contributed by atoms with Crippen LogP contribution in [0.3, 0.4) is 0 Å². The van der Waals surface area contributed by atoms with Gasteiger partial charge >= 0.3 is 0 Å². The highest BCUT2D eigenvalue weighted by atomic mass is 32.1. The number of rotatable bonds is 4. The first-order valence-corrected chi connectivity index (χ1v) is 10.9. The van der Waals surface area contributed by atoms with Gasteiger partial charge in [-0.25, -0.2) is 0 Å². The minimum Gasteiger partial charge on any atom is -0.324 e. The van der Waals surface area contributed by atoms with Crippen LogP contribution < -0.4 is 5.32 Å².